The van der Waals surface area contributed by atoms with Crippen molar-refractivity contribution < 1.29 is 14.3 Å². The summed E-state index contributed by atoms with van der Waals surface area (Å²) in [5, 5.41) is 5.68. The number of urea groups is 1. The Bertz CT molecular complexity index is 552. The van der Waals surface area contributed by atoms with Crippen molar-refractivity contribution in [1.29, 1.82) is 0 Å². The number of rotatable bonds is 3. The van der Waals surface area contributed by atoms with Crippen LogP contribution in [0.3, 0.4) is 0 Å². The summed E-state index contributed by atoms with van der Waals surface area (Å²) in [5.41, 5.74) is 0.588. The Labute approximate surface area is 143 Å². The quantitative estimate of drug-likeness (QED) is 0.879. The number of nitrogens with one attached hydrogen (secondary N) is 2. The number of amides is 3. The van der Waals surface area contributed by atoms with Crippen molar-refractivity contribution >= 4 is 17.8 Å². The van der Waals surface area contributed by atoms with Gasteiger partial charge in [0.15, 0.2) is 0 Å². The lowest BCUT2D eigenvalue weighted by Gasteiger charge is -2.20. The molecule has 0 aromatic heterocycles. The molecule has 0 atom stereocenters. The van der Waals surface area contributed by atoms with Gasteiger partial charge in [0, 0.05) is 31.9 Å². The minimum atomic E-state index is -0.434. The molecule has 0 bridgehead atoms. The molecule has 0 unspecified atom stereocenters. The van der Waals surface area contributed by atoms with E-state index in [0.29, 0.717) is 11.4 Å². The Hall–Kier alpha value is -2.24. The summed E-state index contributed by atoms with van der Waals surface area (Å²) in [6.45, 7) is 0. The highest BCUT2D eigenvalue weighted by molar-refractivity contribution is 5.89. The molecular formula is C18H27N3O3. The van der Waals surface area contributed by atoms with Crippen molar-refractivity contribution in [3.8, 4) is 5.75 Å². The van der Waals surface area contributed by atoms with Crippen molar-refractivity contribution in [2.75, 3.05) is 19.4 Å². The lowest BCUT2D eigenvalue weighted by molar-refractivity contribution is 0.193. The summed E-state index contributed by atoms with van der Waals surface area (Å²) in [4.78, 5) is 25.2. The zero-order chi connectivity index (χ0) is 17.4. The van der Waals surface area contributed by atoms with Crippen LogP contribution in [0.25, 0.3) is 0 Å². The normalized spacial score (nSPS) is 15.8. The molecule has 2 N–H and O–H groups in total. The van der Waals surface area contributed by atoms with Gasteiger partial charge in [-0.3, -0.25) is 0 Å². The maximum atomic E-state index is 12.1. The number of carbonyl (C=O) groups is 2. The van der Waals surface area contributed by atoms with Crippen molar-refractivity contribution in [2.45, 2.75) is 51.0 Å². The van der Waals surface area contributed by atoms with E-state index in [1.165, 1.54) is 24.2 Å². The summed E-state index contributed by atoms with van der Waals surface area (Å²) < 4.78 is 5.36. The molecule has 0 aliphatic heterocycles. The van der Waals surface area contributed by atoms with Crippen LogP contribution < -0.4 is 15.4 Å². The number of ether oxygens (including phenoxy) is 1. The Morgan fingerprint density at radius 3 is 2.42 bits per heavy atom. The predicted octanol–water partition coefficient (Wildman–Crippen LogP) is 3.98. The molecule has 1 aromatic rings. The molecule has 1 aliphatic carbocycles. The van der Waals surface area contributed by atoms with E-state index in [0.717, 1.165) is 25.7 Å². The van der Waals surface area contributed by atoms with Gasteiger partial charge in [0.05, 0.1) is 0 Å². The van der Waals surface area contributed by atoms with Crippen molar-refractivity contribution in [3.05, 3.63) is 24.3 Å². The first kappa shape index (κ1) is 18.1. The number of nitrogens with zero attached hydrogens (tertiary/aromatic N) is 1. The highest BCUT2D eigenvalue weighted by Crippen LogP contribution is 2.19. The first-order chi connectivity index (χ1) is 11.5. The topological polar surface area (TPSA) is 70.7 Å². The zero-order valence-electron chi connectivity index (χ0n) is 14.5. The molecule has 132 valence electrons. The fraction of sp³-hybridized carbons (Fsp3) is 0.556. The first-order valence-electron chi connectivity index (χ1n) is 8.61. The SMILES string of the molecule is CN(C)C(=O)Nc1cccc(OC(=O)NC2CCCCCCC2)c1. The molecule has 2 rings (SSSR count). The third kappa shape index (κ3) is 6.10. The number of hydrogen-bond acceptors (Lipinski definition) is 3. The van der Waals surface area contributed by atoms with Gasteiger partial charge in [-0.25, -0.2) is 9.59 Å². The van der Waals surface area contributed by atoms with Crippen LogP contribution in [0.4, 0.5) is 15.3 Å². The lowest BCUT2D eigenvalue weighted by atomic mass is 9.97. The molecule has 0 radical (unpaired) electrons. The van der Waals surface area contributed by atoms with Crippen LogP contribution in [-0.4, -0.2) is 37.2 Å². The lowest BCUT2D eigenvalue weighted by Crippen LogP contribution is -2.37. The monoisotopic (exact) mass is 333 g/mol. The summed E-state index contributed by atoms with van der Waals surface area (Å²) in [7, 11) is 3.33. The van der Waals surface area contributed by atoms with E-state index in [1.54, 1.807) is 38.4 Å². The zero-order valence-corrected chi connectivity index (χ0v) is 14.5. The van der Waals surface area contributed by atoms with Gasteiger partial charge in [-0.2, -0.15) is 0 Å². The van der Waals surface area contributed by atoms with Crippen LogP contribution in [0.1, 0.15) is 44.9 Å². The summed E-state index contributed by atoms with van der Waals surface area (Å²) in [6, 6.07) is 6.79. The van der Waals surface area contributed by atoms with Gasteiger partial charge in [0.25, 0.3) is 0 Å². The number of anilines is 1. The molecule has 24 heavy (non-hydrogen) atoms. The molecule has 3 amide bonds. The van der Waals surface area contributed by atoms with Crippen LogP contribution in [0, 0.1) is 0 Å². The second kappa shape index (κ2) is 9.15. The molecule has 0 heterocycles. The van der Waals surface area contributed by atoms with E-state index in [4.69, 9.17) is 4.74 Å². The average molecular weight is 333 g/mol. The van der Waals surface area contributed by atoms with Crippen molar-refractivity contribution in [2.24, 2.45) is 0 Å². The van der Waals surface area contributed by atoms with Gasteiger partial charge in [-0.1, -0.05) is 38.2 Å². The first-order valence-corrected chi connectivity index (χ1v) is 8.61. The fourth-order valence-corrected chi connectivity index (χ4v) is 2.78. The maximum absolute atomic E-state index is 12.1. The van der Waals surface area contributed by atoms with Gasteiger partial charge < -0.3 is 20.3 Å². The van der Waals surface area contributed by atoms with Crippen LogP contribution in [0.15, 0.2) is 24.3 Å². The van der Waals surface area contributed by atoms with Crippen LogP contribution in [0.5, 0.6) is 5.75 Å². The molecule has 1 aliphatic rings. The number of benzene rings is 1. The van der Waals surface area contributed by atoms with E-state index in [1.807, 2.05) is 0 Å². The maximum Gasteiger partial charge on any atom is 0.412 e. The van der Waals surface area contributed by atoms with E-state index in [2.05, 4.69) is 10.6 Å². The smallest absolute Gasteiger partial charge is 0.410 e. The Morgan fingerprint density at radius 1 is 1.08 bits per heavy atom. The molecule has 1 aromatic carbocycles. The third-order valence-electron chi connectivity index (χ3n) is 4.13. The van der Waals surface area contributed by atoms with Crippen molar-refractivity contribution in [3.63, 3.8) is 0 Å². The van der Waals surface area contributed by atoms with E-state index in [-0.39, 0.29) is 12.1 Å². The van der Waals surface area contributed by atoms with Crippen LogP contribution in [0.2, 0.25) is 0 Å². The van der Waals surface area contributed by atoms with E-state index < -0.39 is 6.09 Å². The van der Waals surface area contributed by atoms with Gasteiger partial charge in [-0.15, -0.1) is 0 Å². The van der Waals surface area contributed by atoms with Gasteiger partial charge in [0.1, 0.15) is 5.75 Å². The van der Waals surface area contributed by atoms with Gasteiger partial charge >= 0.3 is 12.1 Å². The fourth-order valence-electron chi connectivity index (χ4n) is 2.78. The Balaban J connectivity index is 1.87. The Morgan fingerprint density at radius 2 is 1.75 bits per heavy atom. The van der Waals surface area contributed by atoms with E-state index in [9.17, 15) is 9.59 Å². The second-order valence-electron chi connectivity index (χ2n) is 6.43. The van der Waals surface area contributed by atoms with Gasteiger partial charge in [-0.05, 0) is 25.0 Å². The molecule has 1 fully saturated rings. The summed E-state index contributed by atoms with van der Waals surface area (Å²) >= 11 is 0. The highest BCUT2D eigenvalue weighted by Gasteiger charge is 2.15. The Kier molecular flexibility index (Phi) is 6.90. The molecule has 6 heteroatoms. The summed E-state index contributed by atoms with van der Waals surface area (Å²) in [6.07, 6.45) is 7.65. The van der Waals surface area contributed by atoms with Crippen LogP contribution >= 0.6 is 0 Å². The molecule has 6 nitrogen and oxygen atoms in total. The van der Waals surface area contributed by atoms with Gasteiger partial charge in [0.2, 0.25) is 0 Å². The molecule has 0 saturated heterocycles. The predicted molar refractivity (Wildman–Crippen MR) is 94.4 cm³/mol. The van der Waals surface area contributed by atoms with E-state index >= 15 is 0 Å². The minimum Gasteiger partial charge on any atom is -0.410 e. The summed E-state index contributed by atoms with van der Waals surface area (Å²) in [5.74, 6) is 0.412. The highest BCUT2D eigenvalue weighted by atomic mass is 16.6. The standard InChI is InChI=1S/C18H27N3O3/c1-21(2)17(22)19-15-11-8-12-16(13-15)24-18(23)20-14-9-6-4-3-5-7-10-14/h8,11-14H,3-7,9-10H2,1-2H3,(H,19,22)(H,20,23). The third-order valence-corrected chi connectivity index (χ3v) is 4.13. The average Bonchev–Trinajstić information content (AvgIpc) is 2.50. The number of carbonyl (C=O) groups excluding carboxylic acids is 2. The second-order valence-corrected chi connectivity index (χ2v) is 6.43. The largest absolute Gasteiger partial charge is 0.412 e. The molecular weight excluding hydrogens is 306 g/mol. The minimum absolute atomic E-state index is 0.189. The van der Waals surface area contributed by atoms with Crippen molar-refractivity contribution in [1.82, 2.24) is 10.2 Å². The molecule has 1 saturated carbocycles. The van der Waals surface area contributed by atoms with Crippen LogP contribution in [-0.2, 0) is 0 Å². The molecule has 0 spiro atoms. The number of hydrogen-bond donors (Lipinski definition) is 2.